The van der Waals surface area contributed by atoms with Gasteiger partial charge in [0.05, 0.1) is 30.7 Å². The Labute approximate surface area is 138 Å². The van der Waals surface area contributed by atoms with Gasteiger partial charge in [-0.15, -0.1) is 11.3 Å². The summed E-state index contributed by atoms with van der Waals surface area (Å²) in [5.41, 5.74) is 1.08. The molecule has 0 bridgehead atoms. The van der Waals surface area contributed by atoms with E-state index in [1.54, 1.807) is 23.6 Å². The van der Waals surface area contributed by atoms with E-state index in [9.17, 15) is 13.2 Å². The lowest BCUT2D eigenvalue weighted by molar-refractivity contribution is -0.115. The largest absolute Gasteiger partial charge is 0.492 e. The van der Waals surface area contributed by atoms with E-state index < -0.39 is 10.0 Å². The van der Waals surface area contributed by atoms with Crippen LogP contribution in [0.3, 0.4) is 0 Å². The number of hydrogen-bond acceptors (Lipinski definition) is 6. The molecule has 0 radical (unpaired) electrons. The number of nitrogens with one attached hydrogen (secondary N) is 2. The first-order valence-electron chi connectivity index (χ1n) is 6.81. The Bertz CT molecular complexity index is 787. The monoisotopic (exact) mass is 355 g/mol. The fourth-order valence-corrected chi connectivity index (χ4v) is 3.37. The van der Waals surface area contributed by atoms with Crippen molar-refractivity contribution >= 4 is 38.1 Å². The molecule has 0 atom stereocenters. The van der Waals surface area contributed by atoms with Crippen LogP contribution in [0.1, 0.15) is 12.6 Å². The minimum absolute atomic E-state index is 0.0440. The second-order valence-corrected chi connectivity index (χ2v) is 7.28. The van der Waals surface area contributed by atoms with Crippen LogP contribution in [0.2, 0.25) is 0 Å². The Morgan fingerprint density at radius 3 is 2.78 bits per heavy atom. The van der Waals surface area contributed by atoms with E-state index in [2.05, 4.69) is 15.0 Å². The molecule has 0 aliphatic heterocycles. The number of benzene rings is 1. The van der Waals surface area contributed by atoms with Gasteiger partial charge in [0.2, 0.25) is 15.9 Å². The minimum atomic E-state index is -3.37. The molecule has 2 rings (SSSR count). The highest BCUT2D eigenvalue weighted by Crippen LogP contribution is 2.24. The predicted octanol–water partition coefficient (Wildman–Crippen LogP) is 2.09. The zero-order valence-electron chi connectivity index (χ0n) is 12.7. The van der Waals surface area contributed by atoms with Crippen molar-refractivity contribution in [3.63, 3.8) is 0 Å². The molecule has 9 heteroatoms. The standard InChI is InChI=1S/C14H17N3O4S2/c1-3-21-12-7-5-4-6-11(12)16-13(18)8-10-9-22-14(15-10)17-23(2,19)20/h4-7,9H,3,8H2,1-2H3,(H,15,17)(H,16,18). The number of para-hydroxylation sites is 2. The van der Waals surface area contributed by atoms with Gasteiger partial charge in [0, 0.05) is 5.38 Å². The van der Waals surface area contributed by atoms with Crippen molar-refractivity contribution in [1.82, 2.24) is 4.98 Å². The zero-order chi connectivity index (χ0) is 16.9. The quantitative estimate of drug-likeness (QED) is 0.793. The van der Waals surface area contributed by atoms with Gasteiger partial charge in [-0.2, -0.15) is 0 Å². The van der Waals surface area contributed by atoms with Crippen molar-refractivity contribution in [3.05, 3.63) is 35.3 Å². The van der Waals surface area contributed by atoms with Crippen LogP contribution in [0.25, 0.3) is 0 Å². The van der Waals surface area contributed by atoms with Crippen LogP contribution in [-0.2, 0) is 21.2 Å². The maximum atomic E-state index is 12.1. The third-order valence-electron chi connectivity index (χ3n) is 2.63. The molecule has 2 aromatic rings. The number of sulfonamides is 1. The SMILES string of the molecule is CCOc1ccccc1NC(=O)Cc1csc(NS(C)(=O)=O)n1. The van der Waals surface area contributed by atoms with Crippen LogP contribution in [0.5, 0.6) is 5.75 Å². The molecule has 7 nitrogen and oxygen atoms in total. The second-order valence-electron chi connectivity index (χ2n) is 4.67. The number of rotatable bonds is 7. The van der Waals surface area contributed by atoms with E-state index in [1.807, 2.05) is 13.0 Å². The average molecular weight is 355 g/mol. The van der Waals surface area contributed by atoms with Crippen LogP contribution in [-0.4, -0.2) is 32.2 Å². The number of aromatic nitrogens is 1. The molecule has 0 saturated heterocycles. The minimum Gasteiger partial charge on any atom is -0.492 e. The van der Waals surface area contributed by atoms with Crippen LogP contribution in [0.4, 0.5) is 10.8 Å². The normalized spacial score (nSPS) is 11.0. The maximum Gasteiger partial charge on any atom is 0.231 e. The first-order valence-corrected chi connectivity index (χ1v) is 9.58. The van der Waals surface area contributed by atoms with E-state index in [4.69, 9.17) is 4.74 Å². The van der Waals surface area contributed by atoms with Gasteiger partial charge in [-0.05, 0) is 19.1 Å². The third kappa shape index (κ3) is 5.53. The third-order valence-corrected chi connectivity index (χ3v) is 4.13. The molecular weight excluding hydrogens is 338 g/mol. The van der Waals surface area contributed by atoms with Gasteiger partial charge < -0.3 is 10.1 Å². The molecule has 124 valence electrons. The van der Waals surface area contributed by atoms with Gasteiger partial charge in [-0.25, -0.2) is 13.4 Å². The first kappa shape index (κ1) is 17.2. The predicted molar refractivity (Wildman–Crippen MR) is 90.5 cm³/mol. The summed E-state index contributed by atoms with van der Waals surface area (Å²) >= 11 is 1.13. The zero-order valence-corrected chi connectivity index (χ0v) is 14.3. The Balaban J connectivity index is 2.00. The molecule has 0 saturated carbocycles. The Morgan fingerprint density at radius 1 is 1.35 bits per heavy atom. The van der Waals surface area contributed by atoms with E-state index in [-0.39, 0.29) is 17.5 Å². The number of carbonyl (C=O) groups excluding carboxylic acids is 1. The summed E-state index contributed by atoms with van der Waals surface area (Å²) in [7, 11) is -3.37. The summed E-state index contributed by atoms with van der Waals surface area (Å²) in [4.78, 5) is 16.2. The number of anilines is 2. The molecule has 1 amide bonds. The summed E-state index contributed by atoms with van der Waals surface area (Å²) in [5.74, 6) is 0.342. The highest BCUT2D eigenvalue weighted by atomic mass is 32.2. The molecule has 2 N–H and O–H groups in total. The Hall–Kier alpha value is -2.13. The molecule has 1 aromatic carbocycles. The number of hydrogen-bond donors (Lipinski definition) is 2. The molecular formula is C14H17N3O4S2. The summed E-state index contributed by atoms with van der Waals surface area (Å²) in [6.07, 6.45) is 1.09. The van der Waals surface area contributed by atoms with Crippen molar-refractivity contribution in [2.75, 3.05) is 22.9 Å². The molecule has 1 aromatic heterocycles. The molecule has 1 heterocycles. The highest BCUT2D eigenvalue weighted by molar-refractivity contribution is 7.92. The number of ether oxygens (including phenoxy) is 1. The number of nitrogens with zero attached hydrogens (tertiary/aromatic N) is 1. The molecule has 0 aliphatic carbocycles. The molecule has 0 aliphatic rings. The van der Waals surface area contributed by atoms with Gasteiger partial charge >= 0.3 is 0 Å². The Morgan fingerprint density at radius 2 is 2.09 bits per heavy atom. The van der Waals surface area contributed by atoms with Crippen molar-refractivity contribution in [2.45, 2.75) is 13.3 Å². The van der Waals surface area contributed by atoms with Crippen molar-refractivity contribution in [3.8, 4) is 5.75 Å². The van der Waals surface area contributed by atoms with Gasteiger partial charge in [-0.1, -0.05) is 12.1 Å². The van der Waals surface area contributed by atoms with Gasteiger partial charge in [-0.3, -0.25) is 9.52 Å². The van der Waals surface area contributed by atoms with Gasteiger partial charge in [0.1, 0.15) is 5.75 Å². The van der Waals surface area contributed by atoms with Crippen molar-refractivity contribution in [1.29, 1.82) is 0 Å². The number of thiazole rings is 1. The Kier molecular flexibility index (Phi) is 5.56. The molecule has 0 spiro atoms. The molecule has 0 unspecified atom stereocenters. The molecule has 0 fully saturated rings. The lowest BCUT2D eigenvalue weighted by atomic mass is 10.2. The van der Waals surface area contributed by atoms with Gasteiger partial charge in [0.15, 0.2) is 5.13 Å². The fourth-order valence-electron chi connectivity index (χ4n) is 1.80. The van der Waals surface area contributed by atoms with E-state index >= 15 is 0 Å². The van der Waals surface area contributed by atoms with E-state index in [0.29, 0.717) is 23.7 Å². The number of amides is 1. The summed E-state index contributed by atoms with van der Waals surface area (Å²) in [6, 6.07) is 7.15. The molecule has 23 heavy (non-hydrogen) atoms. The van der Waals surface area contributed by atoms with Crippen molar-refractivity contribution in [2.24, 2.45) is 0 Å². The topological polar surface area (TPSA) is 97.4 Å². The van der Waals surface area contributed by atoms with Crippen LogP contribution < -0.4 is 14.8 Å². The van der Waals surface area contributed by atoms with Crippen LogP contribution in [0, 0.1) is 0 Å². The summed E-state index contributed by atoms with van der Waals surface area (Å²) in [6.45, 7) is 2.36. The fraction of sp³-hybridized carbons (Fsp3) is 0.286. The average Bonchev–Trinajstić information content (AvgIpc) is 2.86. The van der Waals surface area contributed by atoms with Crippen LogP contribution in [0.15, 0.2) is 29.6 Å². The van der Waals surface area contributed by atoms with Gasteiger partial charge in [0.25, 0.3) is 0 Å². The second kappa shape index (κ2) is 7.42. The highest BCUT2D eigenvalue weighted by Gasteiger charge is 2.12. The lowest BCUT2D eigenvalue weighted by Gasteiger charge is -2.10. The summed E-state index contributed by atoms with van der Waals surface area (Å²) in [5, 5.41) is 4.64. The van der Waals surface area contributed by atoms with E-state index in [1.165, 1.54) is 0 Å². The van der Waals surface area contributed by atoms with E-state index in [0.717, 1.165) is 17.6 Å². The first-order chi connectivity index (χ1) is 10.9. The number of carbonyl (C=O) groups is 1. The summed E-state index contributed by atoms with van der Waals surface area (Å²) < 4.78 is 30.0. The van der Waals surface area contributed by atoms with Crippen LogP contribution >= 0.6 is 11.3 Å². The maximum absolute atomic E-state index is 12.1. The smallest absolute Gasteiger partial charge is 0.231 e. The lowest BCUT2D eigenvalue weighted by Crippen LogP contribution is -2.15. The van der Waals surface area contributed by atoms with Crippen molar-refractivity contribution < 1.29 is 17.9 Å².